The van der Waals surface area contributed by atoms with E-state index in [0.29, 0.717) is 42.7 Å². The van der Waals surface area contributed by atoms with Gasteiger partial charge in [0.05, 0.1) is 35.8 Å². The molecular formula is C24H41N7O4Si. The van der Waals surface area contributed by atoms with Crippen LogP contribution < -0.4 is 16.4 Å². The van der Waals surface area contributed by atoms with Gasteiger partial charge in [-0.25, -0.2) is 14.5 Å². The molecular weight excluding hydrogens is 478 g/mol. The Kier molecular flexibility index (Phi) is 8.96. The van der Waals surface area contributed by atoms with Crippen LogP contribution in [0.1, 0.15) is 40.0 Å². The third-order valence-corrected chi connectivity index (χ3v) is 7.52. The zero-order chi connectivity index (χ0) is 26.5. The van der Waals surface area contributed by atoms with Crippen LogP contribution in [0.4, 0.5) is 16.2 Å². The molecule has 1 aliphatic rings. The molecule has 1 saturated carbocycles. The first-order valence-electron chi connectivity index (χ1n) is 12.5. The zero-order valence-corrected chi connectivity index (χ0v) is 23.2. The number of nitrogens with one attached hydrogen (secondary N) is 2. The number of rotatable bonds is 9. The van der Waals surface area contributed by atoms with Gasteiger partial charge in [-0.3, -0.25) is 4.98 Å². The minimum Gasteiger partial charge on any atom is -0.444 e. The van der Waals surface area contributed by atoms with Crippen molar-refractivity contribution in [2.45, 2.75) is 96.2 Å². The number of ether oxygens (including phenoxy) is 2. The molecule has 1 aliphatic carbocycles. The van der Waals surface area contributed by atoms with Crippen molar-refractivity contribution < 1.29 is 19.4 Å². The van der Waals surface area contributed by atoms with E-state index in [9.17, 15) is 9.90 Å². The topological polar surface area (TPSA) is 149 Å². The summed E-state index contributed by atoms with van der Waals surface area (Å²) >= 11 is 0. The van der Waals surface area contributed by atoms with E-state index in [1.54, 1.807) is 44.0 Å². The van der Waals surface area contributed by atoms with Crippen LogP contribution in [0.15, 0.2) is 18.6 Å². The number of aliphatic hydroxyl groups excluding tert-OH is 1. The summed E-state index contributed by atoms with van der Waals surface area (Å²) in [5.41, 5.74) is 7.20. The first-order valence-corrected chi connectivity index (χ1v) is 16.2. The highest BCUT2D eigenvalue weighted by Crippen LogP contribution is 2.28. The molecule has 5 N–H and O–H groups in total. The van der Waals surface area contributed by atoms with Crippen molar-refractivity contribution in [3.8, 4) is 11.5 Å². The lowest BCUT2D eigenvalue weighted by Crippen LogP contribution is -2.54. The SMILES string of the molecule is CC(C)(C)OC(=O)N[C@H]1CCC[C@@H](Nc2cc(-c3ncn(COCC[Si](C)(C)C)n3)ncc2N)[C@@H]1O. The second-order valence-electron chi connectivity index (χ2n) is 11.5. The van der Waals surface area contributed by atoms with E-state index in [0.717, 1.165) is 18.9 Å². The van der Waals surface area contributed by atoms with Gasteiger partial charge in [0.2, 0.25) is 0 Å². The Hall–Kier alpha value is -2.70. The average molecular weight is 520 g/mol. The summed E-state index contributed by atoms with van der Waals surface area (Å²) in [5, 5.41) is 21.5. The number of pyridine rings is 1. The molecule has 1 amide bonds. The van der Waals surface area contributed by atoms with Crippen LogP contribution in [0.5, 0.6) is 0 Å². The number of hydrogen-bond donors (Lipinski definition) is 4. The Balaban J connectivity index is 1.62. The van der Waals surface area contributed by atoms with Gasteiger partial charge in [-0.1, -0.05) is 19.6 Å². The molecule has 11 nitrogen and oxygen atoms in total. The first kappa shape index (κ1) is 27.9. The monoisotopic (exact) mass is 519 g/mol. The van der Waals surface area contributed by atoms with E-state index in [2.05, 4.69) is 45.3 Å². The smallest absolute Gasteiger partial charge is 0.407 e. The van der Waals surface area contributed by atoms with Gasteiger partial charge in [0.1, 0.15) is 24.4 Å². The van der Waals surface area contributed by atoms with Crippen LogP contribution >= 0.6 is 0 Å². The third-order valence-electron chi connectivity index (χ3n) is 5.82. The fraction of sp³-hybridized carbons (Fsp3) is 0.667. The molecule has 0 radical (unpaired) electrons. The van der Waals surface area contributed by atoms with E-state index < -0.39 is 31.9 Å². The lowest BCUT2D eigenvalue weighted by molar-refractivity contribution is 0.0338. The molecule has 1 fully saturated rings. The van der Waals surface area contributed by atoms with Gasteiger partial charge in [0.15, 0.2) is 5.82 Å². The van der Waals surface area contributed by atoms with Gasteiger partial charge in [0.25, 0.3) is 0 Å². The molecule has 2 aromatic heterocycles. The molecule has 0 unspecified atom stereocenters. The molecule has 12 heteroatoms. The number of hydrogen-bond acceptors (Lipinski definition) is 9. The Morgan fingerprint density at radius 3 is 2.67 bits per heavy atom. The van der Waals surface area contributed by atoms with Gasteiger partial charge in [-0.05, 0) is 52.1 Å². The van der Waals surface area contributed by atoms with Crippen molar-refractivity contribution >= 4 is 25.5 Å². The molecule has 2 aromatic rings. The van der Waals surface area contributed by atoms with Gasteiger partial charge in [-0.15, -0.1) is 5.10 Å². The summed E-state index contributed by atoms with van der Waals surface area (Å²) in [6.07, 6.45) is 4.04. The predicted octanol–water partition coefficient (Wildman–Crippen LogP) is 3.45. The molecule has 0 bridgehead atoms. The van der Waals surface area contributed by atoms with Crippen molar-refractivity contribution in [3.05, 3.63) is 18.6 Å². The molecule has 0 aromatic carbocycles. The van der Waals surface area contributed by atoms with E-state index in [4.69, 9.17) is 15.2 Å². The quantitative estimate of drug-likeness (QED) is 0.288. The average Bonchev–Trinajstić information content (AvgIpc) is 3.22. The highest BCUT2D eigenvalue weighted by atomic mass is 28.3. The lowest BCUT2D eigenvalue weighted by Gasteiger charge is -2.36. The van der Waals surface area contributed by atoms with Crippen LogP contribution in [-0.2, 0) is 16.2 Å². The standard InChI is InChI=1S/C24H41N7O4Si/c1-24(2,3)35-23(33)29-18-9-7-8-17(21(18)32)28-19-12-20(26-13-16(19)25)22-27-14-31(30-22)15-34-10-11-36(4,5)6/h12-14,17-18,21,32H,7-11,15,25H2,1-6H3,(H,26,28)(H,29,33)/t17-,18+,21+/m1/s1. The molecule has 0 aliphatic heterocycles. The molecule has 200 valence electrons. The minimum absolute atomic E-state index is 0.304. The number of carbonyl (C=O) groups excluding carboxylic acids is 1. The summed E-state index contributed by atoms with van der Waals surface area (Å²) in [4.78, 5) is 20.9. The van der Waals surface area contributed by atoms with Crippen molar-refractivity contribution in [1.82, 2.24) is 25.1 Å². The summed E-state index contributed by atoms with van der Waals surface area (Å²) < 4.78 is 12.7. The molecule has 36 heavy (non-hydrogen) atoms. The number of amides is 1. The molecule has 3 atom stereocenters. The number of carbonyl (C=O) groups is 1. The van der Waals surface area contributed by atoms with Crippen molar-refractivity contribution in [3.63, 3.8) is 0 Å². The number of aromatic nitrogens is 4. The number of aliphatic hydroxyl groups is 1. The largest absolute Gasteiger partial charge is 0.444 e. The number of anilines is 2. The summed E-state index contributed by atoms with van der Waals surface area (Å²) in [6, 6.07) is 2.14. The maximum absolute atomic E-state index is 12.2. The highest BCUT2D eigenvalue weighted by Gasteiger charge is 2.34. The maximum atomic E-state index is 12.2. The molecule has 0 saturated heterocycles. The predicted molar refractivity (Wildman–Crippen MR) is 142 cm³/mol. The number of nitrogens with two attached hydrogens (primary N) is 1. The number of nitrogen functional groups attached to an aromatic ring is 1. The van der Waals surface area contributed by atoms with Crippen LogP contribution in [0.2, 0.25) is 25.7 Å². The van der Waals surface area contributed by atoms with Crippen LogP contribution in [0.25, 0.3) is 11.5 Å². The van der Waals surface area contributed by atoms with E-state index in [1.807, 2.05) is 0 Å². The Morgan fingerprint density at radius 2 is 1.97 bits per heavy atom. The highest BCUT2D eigenvalue weighted by molar-refractivity contribution is 6.76. The number of nitrogens with zero attached hydrogens (tertiary/aromatic N) is 4. The molecule has 3 rings (SSSR count). The fourth-order valence-corrected chi connectivity index (χ4v) is 4.63. The lowest BCUT2D eigenvalue weighted by atomic mass is 9.88. The van der Waals surface area contributed by atoms with Crippen LogP contribution in [0, 0.1) is 0 Å². The van der Waals surface area contributed by atoms with E-state index in [-0.39, 0.29) is 6.04 Å². The van der Waals surface area contributed by atoms with Crippen LogP contribution in [-0.4, -0.2) is 69.4 Å². The normalized spacial score (nSPS) is 20.7. The van der Waals surface area contributed by atoms with Gasteiger partial charge in [-0.2, -0.15) is 0 Å². The van der Waals surface area contributed by atoms with E-state index >= 15 is 0 Å². The Bertz CT molecular complexity index is 1020. The molecule has 2 heterocycles. The third kappa shape index (κ3) is 8.45. The Labute approximate surface area is 214 Å². The summed E-state index contributed by atoms with van der Waals surface area (Å²) in [7, 11) is -1.14. The van der Waals surface area contributed by atoms with Crippen molar-refractivity contribution in [1.29, 1.82) is 0 Å². The maximum Gasteiger partial charge on any atom is 0.407 e. The molecule has 0 spiro atoms. The Morgan fingerprint density at radius 1 is 1.25 bits per heavy atom. The summed E-state index contributed by atoms with van der Waals surface area (Å²) in [6.45, 7) is 13.4. The summed E-state index contributed by atoms with van der Waals surface area (Å²) in [5.74, 6) is 0.459. The second-order valence-corrected chi connectivity index (χ2v) is 17.2. The fourth-order valence-electron chi connectivity index (χ4n) is 3.88. The van der Waals surface area contributed by atoms with Gasteiger partial charge in [0, 0.05) is 14.7 Å². The minimum atomic E-state index is -1.14. The van der Waals surface area contributed by atoms with E-state index in [1.165, 1.54) is 0 Å². The zero-order valence-electron chi connectivity index (χ0n) is 22.2. The van der Waals surface area contributed by atoms with Crippen molar-refractivity contribution in [2.75, 3.05) is 17.7 Å². The van der Waals surface area contributed by atoms with Crippen molar-refractivity contribution in [2.24, 2.45) is 0 Å². The van der Waals surface area contributed by atoms with Gasteiger partial charge < -0.3 is 30.9 Å². The van der Waals surface area contributed by atoms with Crippen LogP contribution in [0.3, 0.4) is 0 Å². The first-order chi connectivity index (χ1) is 16.8. The second kappa shape index (κ2) is 11.6. The van der Waals surface area contributed by atoms with Gasteiger partial charge >= 0.3 is 6.09 Å². The number of alkyl carbamates (subject to hydrolysis) is 1.